The molecule has 2 N–H and O–H groups in total. The van der Waals surface area contributed by atoms with Crippen molar-refractivity contribution >= 4 is 16.7 Å². The highest BCUT2D eigenvalue weighted by Crippen LogP contribution is 2.39. The van der Waals surface area contributed by atoms with Crippen LogP contribution in [-0.4, -0.2) is 19.7 Å². The van der Waals surface area contributed by atoms with Gasteiger partial charge >= 0.3 is 0 Å². The Bertz CT molecular complexity index is 1140. The molecule has 1 fully saturated rings. The summed E-state index contributed by atoms with van der Waals surface area (Å²) < 4.78 is 30.2. The fourth-order valence-corrected chi connectivity index (χ4v) is 3.47. The molecule has 1 atom stereocenters. The maximum Gasteiger partial charge on any atom is 0.172 e. The molecule has 2 aromatic carbocycles. The SMILES string of the molecule is C[C@H](Nc1ccc2ncn(-c3cc(C4CC4)[nH]n3)c2c1F)c1ccc(F)cc1. The van der Waals surface area contributed by atoms with Crippen LogP contribution in [0, 0.1) is 11.6 Å². The van der Waals surface area contributed by atoms with Gasteiger partial charge in [-0.05, 0) is 49.6 Å². The molecule has 0 amide bonds. The summed E-state index contributed by atoms with van der Waals surface area (Å²) >= 11 is 0. The van der Waals surface area contributed by atoms with E-state index in [1.54, 1.807) is 35.2 Å². The molecule has 2 heterocycles. The van der Waals surface area contributed by atoms with Crippen LogP contribution in [0.15, 0.2) is 48.8 Å². The number of hydrogen-bond donors (Lipinski definition) is 2. The van der Waals surface area contributed by atoms with E-state index in [0.29, 0.717) is 28.5 Å². The summed E-state index contributed by atoms with van der Waals surface area (Å²) in [6.07, 6.45) is 3.92. The quantitative estimate of drug-likeness (QED) is 0.509. The van der Waals surface area contributed by atoms with Crippen LogP contribution in [-0.2, 0) is 0 Å². The number of anilines is 1. The Kier molecular flexibility index (Phi) is 3.89. The van der Waals surface area contributed by atoms with Crippen molar-refractivity contribution in [2.24, 2.45) is 0 Å². The second kappa shape index (κ2) is 6.44. The lowest BCUT2D eigenvalue weighted by Crippen LogP contribution is -2.08. The van der Waals surface area contributed by atoms with Gasteiger partial charge in [-0.3, -0.25) is 9.67 Å². The van der Waals surface area contributed by atoms with Gasteiger partial charge in [0.25, 0.3) is 0 Å². The first-order valence-electron chi connectivity index (χ1n) is 9.33. The Morgan fingerprint density at radius 2 is 1.93 bits per heavy atom. The number of rotatable bonds is 5. The van der Waals surface area contributed by atoms with Gasteiger partial charge < -0.3 is 5.32 Å². The highest BCUT2D eigenvalue weighted by molar-refractivity contribution is 5.82. The highest BCUT2D eigenvalue weighted by Gasteiger charge is 2.26. The molecule has 1 saturated carbocycles. The Balaban J connectivity index is 1.50. The second-order valence-electron chi connectivity index (χ2n) is 7.28. The number of nitrogens with one attached hydrogen (secondary N) is 2. The van der Waals surface area contributed by atoms with Crippen LogP contribution in [0.1, 0.15) is 43.0 Å². The van der Waals surface area contributed by atoms with Crippen LogP contribution in [0.4, 0.5) is 14.5 Å². The maximum absolute atomic E-state index is 15.3. The van der Waals surface area contributed by atoms with Crippen molar-refractivity contribution in [1.29, 1.82) is 0 Å². The number of aromatic amines is 1. The zero-order valence-electron chi connectivity index (χ0n) is 15.3. The maximum atomic E-state index is 15.3. The molecule has 7 heteroatoms. The van der Waals surface area contributed by atoms with Crippen LogP contribution in [0.2, 0.25) is 0 Å². The van der Waals surface area contributed by atoms with E-state index >= 15 is 4.39 Å². The number of benzene rings is 2. The van der Waals surface area contributed by atoms with E-state index in [9.17, 15) is 4.39 Å². The standard InChI is InChI=1S/C21H19F2N5/c1-12(13-4-6-15(22)7-5-13)25-16-8-9-17-21(20(16)23)28(11-24-17)19-10-18(26-27-19)14-2-3-14/h4-12,14,25H,2-3H2,1H3,(H,26,27)/t12-/m0/s1. The third-order valence-corrected chi connectivity index (χ3v) is 5.24. The van der Waals surface area contributed by atoms with E-state index < -0.39 is 0 Å². The third kappa shape index (κ3) is 2.93. The van der Waals surface area contributed by atoms with Gasteiger partial charge in [-0.2, -0.15) is 5.10 Å². The topological polar surface area (TPSA) is 58.5 Å². The van der Waals surface area contributed by atoms with Crippen LogP contribution in [0.3, 0.4) is 0 Å². The second-order valence-corrected chi connectivity index (χ2v) is 7.28. The molecule has 5 nitrogen and oxygen atoms in total. The number of fused-ring (bicyclic) bond motifs is 1. The van der Waals surface area contributed by atoms with Crippen molar-refractivity contribution in [3.8, 4) is 5.82 Å². The lowest BCUT2D eigenvalue weighted by atomic mass is 10.1. The van der Waals surface area contributed by atoms with Gasteiger partial charge in [-0.25, -0.2) is 13.8 Å². The molecular weight excluding hydrogens is 360 g/mol. The summed E-state index contributed by atoms with van der Waals surface area (Å²) in [7, 11) is 0. The first kappa shape index (κ1) is 16.9. The minimum atomic E-state index is -0.389. The minimum Gasteiger partial charge on any atom is -0.376 e. The van der Waals surface area contributed by atoms with Crippen molar-refractivity contribution < 1.29 is 8.78 Å². The Hall–Kier alpha value is -3.22. The first-order chi connectivity index (χ1) is 13.6. The summed E-state index contributed by atoms with van der Waals surface area (Å²) in [4.78, 5) is 4.31. The number of imidazole rings is 1. The van der Waals surface area contributed by atoms with Gasteiger partial charge in [-0.15, -0.1) is 0 Å². The van der Waals surface area contributed by atoms with Crippen molar-refractivity contribution in [1.82, 2.24) is 19.7 Å². The molecule has 0 saturated heterocycles. The lowest BCUT2D eigenvalue weighted by Gasteiger charge is -2.17. The summed E-state index contributed by atoms with van der Waals surface area (Å²) in [5.74, 6) is 0.485. The first-order valence-corrected chi connectivity index (χ1v) is 9.33. The Morgan fingerprint density at radius 3 is 2.68 bits per heavy atom. The molecule has 0 radical (unpaired) electrons. The fourth-order valence-electron chi connectivity index (χ4n) is 3.47. The molecule has 0 bridgehead atoms. The molecule has 0 unspecified atom stereocenters. The molecule has 142 valence electrons. The van der Waals surface area contributed by atoms with E-state index in [-0.39, 0.29) is 17.7 Å². The normalized spacial score (nSPS) is 15.1. The number of halogens is 2. The van der Waals surface area contributed by atoms with E-state index in [2.05, 4.69) is 20.5 Å². The average Bonchev–Trinajstić information content (AvgIpc) is 3.26. The molecule has 28 heavy (non-hydrogen) atoms. The number of nitrogens with zero attached hydrogens (tertiary/aromatic N) is 3. The van der Waals surface area contributed by atoms with Crippen LogP contribution in [0.25, 0.3) is 16.9 Å². The Morgan fingerprint density at radius 1 is 1.14 bits per heavy atom. The number of H-pyrrole nitrogens is 1. The summed E-state index contributed by atoms with van der Waals surface area (Å²) in [5, 5.41) is 10.6. The average molecular weight is 379 g/mol. The molecule has 5 rings (SSSR count). The van der Waals surface area contributed by atoms with Gasteiger partial charge in [0.2, 0.25) is 0 Å². The van der Waals surface area contributed by atoms with Crippen molar-refractivity contribution in [2.75, 3.05) is 5.32 Å². The monoisotopic (exact) mass is 379 g/mol. The molecule has 4 aromatic rings. The zero-order chi connectivity index (χ0) is 19.3. The van der Waals surface area contributed by atoms with E-state index in [1.807, 2.05) is 13.0 Å². The van der Waals surface area contributed by atoms with E-state index in [0.717, 1.165) is 24.1 Å². The number of aromatic nitrogens is 4. The zero-order valence-corrected chi connectivity index (χ0v) is 15.3. The van der Waals surface area contributed by atoms with Gasteiger partial charge in [0.15, 0.2) is 11.6 Å². The summed E-state index contributed by atoms with van der Waals surface area (Å²) in [6.45, 7) is 1.91. The molecule has 0 spiro atoms. The fraction of sp³-hybridized carbons (Fsp3) is 0.238. The summed E-state index contributed by atoms with van der Waals surface area (Å²) in [5.41, 5.74) is 3.26. The molecule has 1 aliphatic carbocycles. The molecular formula is C21H19F2N5. The third-order valence-electron chi connectivity index (χ3n) is 5.24. The van der Waals surface area contributed by atoms with Gasteiger partial charge in [0, 0.05) is 23.7 Å². The van der Waals surface area contributed by atoms with Crippen molar-refractivity contribution in [2.45, 2.75) is 31.7 Å². The summed E-state index contributed by atoms with van der Waals surface area (Å²) in [6, 6.07) is 11.4. The van der Waals surface area contributed by atoms with Crippen LogP contribution >= 0.6 is 0 Å². The van der Waals surface area contributed by atoms with Gasteiger partial charge in [0.1, 0.15) is 17.7 Å². The van der Waals surface area contributed by atoms with Gasteiger partial charge in [-0.1, -0.05) is 12.1 Å². The van der Waals surface area contributed by atoms with E-state index in [4.69, 9.17) is 0 Å². The Labute approximate surface area is 160 Å². The molecule has 1 aliphatic rings. The smallest absolute Gasteiger partial charge is 0.172 e. The van der Waals surface area contributed by atoms with Crippen LogP contribution in [0.5, 0.6) is 0 Å². The minimum absolute atomic E-state index is 0.184. The van der Waals surface area contributed by atoms with Crippen LogP contribution < -0.4 is 5.32 Å². The van der Waals surface area contributed by atoms with E-state index in [1.165, 1.54) is 12.1 Å². The molecule has 0 aliphatic heterocycles. The van der Waals surface area contributed by atoms with Crippen molar-refractivity contribution in [3.05, 3.63) is 71.7 Å². The highest BCUT2D eigenvalue weighted by atomic mass is 19.1. The molecule has 2 aromatic heterocycles. The lowest BCUT2D eigenvalue weighted by molar-refractivity contribution is 0.625. The van der Waals surface area contributed by atoms with Crippen molar-refractivity contribution in [3.63, 3.8) is 0 Å². The largest absolute Gasteiger partial charge is 0.376 e. The number of hydrogen-bond acceptors (Lipinski definition) is 3. The van der Waals surface area contributed by atoms with Gasteiger partial charge in [0.05, 0.1) is 11.2 Å². The predicted molar refractivity (Wildman–Crippen MR) is 104 cm³/mol. The predicted octanol–water partition coefficient (Wildman–Crippen LogP) is 5.08.